The first-order valence-electron chi connectivity index (χ1n) is 7.22. The SMILES string of the molecule is Cc1ccc(C(C)N2CCN(CC(=O)O)CC2)cc1C. The highest BCUT2D eigenvalue weighted by Gasteiger charge is 2.23. The summed E-state index contributed by atoms with van der Waals surface area (Å²) in [6, 6.07) is 7.04. The van der Waals surface area contributed by atoms with Crippen LogP contribution in [0.4, 0.5) is 0 Å². The van der Waals surface area contributed by atoms with E-state index in [1.807, 2.05) is 4.90 Å². The predicted molar refractivity (Wildman–Crippen MR) is 80.0 cm³/mol. The van der Waals surface area contributed by atoms with Gasteiger partial charge >= 0.3 is 5.97 Å². The molecule has 0 radical (unpaired) electrons. The van der Waals surface area contributed by atoms with Crippen molar-refractivity contribution in [3.8, 4) is 0 Å². The maximum atomic E-state index is 10.7. The van der Waals surface area contributed by atoms with Crippen molar-refractivity contribution >= 4 is 5.97 Å². The normalized spacial score (nSPS) is 18.9. The Morgan fingerprint density at radius 1 is 1.20 bits per heavy atom. The van der Waals surface area contributed by atoms with Crippen LogP contribution in [0.25, 0.3) is 0 Å². The predicted octanol–water partition coefficient (Wildman–Crippen LogP) is 2.07. The third-order valence-corrected chi connectivity index (χ3v) is 4.33. The van der Waals surface area contributed by atoms with Gasteiger partial charge in [-0.3, -0.25) is 14.6 Å². The number of carbonyl (C=O) groups is 1. The van der Waals surface area contributed by atoms with Crippen LogP contribution in [0.2, 0.25) is 0 Å². The highest BCUT2D eigenvalue weighted by atomic mass is 16.4. The highest BCUT2D eigenvalue weighted by Crippen LogP contribution is 2.23. The van der Waals surface area contributed by atoms with E-state index in [4.69, 9.17) is 5.11 Å². The lowest BCUT2D eigenvalue weighted by Crippen LogP contribution is -2.48. The zero-order valence-corrected chi connectivity index (χ0v) is 12.6. The first kappa shape index (κ1) is 15.0. The Balaban J connectivity index is 1.95. The summed E-state index contributed by atoms with van der Waals surface area (Å²) in [6.07, 6.45) is 0. The van der Waals surface area contributed by atoms with Crippen molar-refractivity contribution in [2.75, 3.05) is 32.7 Å². The van der Waals surface area contributed by atoms with Gasteiger partial charge in [-0.05, 0) is 37.5 Å². The van der Waals surface area contributed by atoms with E-state index in [9.17, 15) is 4.79 Å². The second-order valence-corrected chi connectivity index (χ2v) is 5.73. The Bertz CT molecular complexity index is 479. The number of aryl methyl sites for hydroxylation is 2. The van der Waals surface area contributed by atoms with Gasteiger partial charge in [0.1, 0.15) is 0 Å². The van der Waals surface area contributed by atoms with Crippen LogP contribution >= 0.6 is 0 Å². The summed E-state index contributed by atoms with van der Waals surface area (Å²) in [7, 11) is 0. The number of carboxylic acids is 1. The van der Waals surface area contributed by atoms with Gasteiger partial charge in [-0.1, -0.05) is 18.2 Å². The van der Waals surface area contributed by atoms with Crippen LogP contribution in [0.15, 0.2) is 18.2 Å². The van der Waals surface area contributed by atoms with E-state index in [-0.39, 0.29) is 6.54 Å². The number of aliphatic carboxylic acids is 1. The molecule has 0 spiro atoms. The van der Waals surface area contributed by atoms with Crippen LogP contribution in [0.3, 0.4) is 0 Å². The molecule has 1 unspecified atom stereocenters. The highest BCUT2D eigenvalue weighted by molar-refractivity contribution is 5.69. The van der Waals surface area contributed by atoms with Gasteiger partial charge < -0.3 is 5.11 Å². The fourth-order valence-corrected chi connectivity index (χ4v) is 2.74. The molecule has 4 nitrogen and oxygen atoms in total. The van der Waals surface area contributed by atoms with Gasteiger partial charge in [-0.15, -0.1) is 0 Å². The number of benzene rings is 1. The molecule has 1 aliphatic rings. The average molecular weight is 276 g/mol. The van der Waals surface area contributed by atoms with Crippen LogP contribution in [-0.2, 0) is 4.79 Å². The van der Waals surface area contributed by atoms with E-state index in [1.165, 1.54) is 16.7 Å². The van der Waals surface area contributed by atoms with Crippen molar-refractivity contribution in [2.45, 2.75) is 26.8 Å². The quantitative estimate of drug-likeness (QED) is 0.914. The molecule has 0 aliphatic carbocycles. The number of nitrogens with zero attached hydrogens (tertiary/aromatic N) is 2. The Hall–Kier alpha value is -1.39. The van der Waals surface area contributed by atoms with Gasteiger partial charge in [0.25, 0.3) is 0 Å². The topological polar surface area (TPSA) is 43.8 Å². The van der Waals surface area contributed by atoms with Crippen molar-refractivity contribution in [3.63, 3.8) is 0 Å². The first-order chi connectivity index (χ1) is 9.47. The molecule has 20 heavy (non-hydrogen) atoms. The summed E-state index contributed by atoms with van der Waals surface area (Å²) >= 11 is 0. The lowest BCUT2D eigenvalue weighted by molar-refractivity contribution is -0.138. The maximum Gasteiger partial charge on any atom is 0.317 e. The summed E-state index contributed by atoms with van der Waals surface area (Å²) in [5.74, 6) is -0.736. The van der Waals surface area contributed by atoms with Crippen LogP contribution < -0.4 is 0 Å². The molecule has 1 aromatic carbocycles. The molecule has 0 bridgehead atoms. The van der Waals surface area contributed by atoms with Crippen LogP contribution in [0.5, 0.6) is 0 Å². The van der Waals surface area contributed by atoms with Crippen molar-refractivity contribution < 1.29 is 9.90 Å². The zero-order valence-electron chi connectivity index (χ0n) is 12.6. The molecule has 0 amide bonds. The van der Waals surface area contributed by atoms with Gasteiger partial charge in [-0.25, -0.2) is 0 Å². The largest absolute Gasteiger partial charge is 0.480 e. The Morgan fingerprint density at radius 3 is 2.40 bits per heavy atom. The zero-order chi connectivity index (χ0) is 14.7. The standard InChI is InChI=1S/C16H24N2O2/c1-12-4-5-15(10-13(12)2)14(3)18-8-6-17(7-9-18)11-16(19)20/h4-5,10,14H,6-9,11H2,1-3H3,(H,19,20). The van der Waals surface area contributed by atoms with Gasteiger partial charge in [0.2, 0.25) is 0 Å². The van der Waals surface area contributed by atoms with Gasteiger partial charge in [-0.2, -0.15) is 0 Å². The number of carboxylic acid groups (broad SMARTS) is 1. The Morgan fingerprint density at radius 2 is 1.85 bits per heavy atom. The monoisotopic (exact) mass is 276 g/mol. The van der Waals surface area contributed by atoms with E-state index in [0.717, 1.165) is 26.2 Å². The molecular weight excluding hydrogens is 252 g/mol. The molecule has 1 N–H and O–H groups in total. The molecule has 2 rings (SSSR count). The molecule has 1 heterocycles. The molecule has 0 aromatic heterocycles. The van der Waals surface area contributed by atoms with Crippen molar-refractivity contribution in [1.82, 2.24) is 9.80 Å². The number of rotatable bonds is 4. The van der Waals surface area contributed by atoms with E-state index >= 15 is 0 Å². The summed E-state index contributed by atoms with van der Waals surface area (Å²) < 4.78 is 0. The molecular formula is C16H24N2O2. The molecule has 4 heteroatoms. The minimum absolute atomic E-state index is 0.159. The third kappa shape index (κ3) is 3.58. The molecule has 1 saturated heterocycles. The van der Waals surface area contributed by atoms with E-state index < -0.39 is 5.97 Å². The fourth-order valence-electron chi connectivity index (χ4n) is 2.74. The lowest BCUT2D eigenvalue weighted by Gasteiger charge is -2.37. The fraction of sp³-hybridized carbons (Fsp3) is 0.562. The number of piperazine rings is 1. The molecule has 0 saturated carbocycles. The van der Waals surface area contributed by atoms with E-state index in [1.54, 1.807) is 0 Å². The van der Waals surface area contributed by atoms with Crippen LogP contribution in [0.1, 0.15) is 29.7 Å². The van der Waals surface area contributed by atoms with Gasteiger partial charge in [0, 0.05) is 32.2 Å². The van der Waals surface area contributed by atoms with Crippen LogP contribution in [-0.4, -0.2) is 53.6 Å². The Labute approximate surface area is 121 Å². The summed E-state index contributed by atoms with van der Waals surface area (Å²) in [5, 5.41) is 8.82. The molecule has 1 aliphatic heterocycles. The molecule has 110 valence electrons. The van der Waals surface area contributed by atoms with Gasteiger partial charge in [0.15, 0.2) is 0 Å². The van der Waals surface area contributed by atoms with Crippen molar-refractivity contribution in [1.29, 1.82) is 0 Å². The number of hydrogen-bond donors (Lipinski definition) is 1. The average Bonchev–Trinajstić information content (AvgIpc) is 2.41. The summed E-state index contributed by atoms with van der Waals surface area (Å²) in [6.45, 7) is 10.2. The minimum Gasteiger partial charge on any atom is -0.480 e. The van der Waals surface area contributed by atoms with Crippen LogP contribution in [0, 0.1) is 13.8 Å². The van der Waals surface area contributed by atoms with E-state index in [2.05, 4.69) is 43.9 Å². The summed E-state index contributed by atoms with van der Waals surface area (Å²) in [5.41, 5.74) is 4.01. The Kier molecular flexibility index (Phi) is 4.78. The summed E-state index contributed by atoms with van der Waals surface area (Å²) in [4.78, 5) is 15.2. The van der Waals surface area contributed by atoms with E-state index in [0.29, 0.717) is 6.04 Å². The lowest BCUT2D eigenvalue weighted by atomic mass is 10.0. The first-order valence-corrected chi connectivity index (χ1v) is 7.22. The van der Waals surface area contributed by atoms with Crippen molar-refractivity contribution in [2.24, 2.45) is 0 Å². The molecule has 1 fully saturated rings. The number of hydrogen-bond acceptors (Lipinski definition) is 3. The van der Waals surface area contributed by atoms with Gasteiger partial charge in [0.05, 0.1) is 6.54 Å². The van der Waals surface area contributed by atoms with Crippen molar-refractivity contribution in [3.05, 3.63) is 34.9 Å². The molecule has 1 atom stereocenters. The molecule has 1 aromatic rings. The second kappa shape index (κ2) is 6.37. The smallest absolute Gasteiger partial charge is 0.317 e. The third-order valence-electron chi connectivity index (χ3n) is 4.33. The second-order valence-electron chi connectivity index (χ2n) is 5.73. The minimum atomic E-state index is -0.736. The maximum absolute atomic E-state index is 10.7.